The third-order valence-corrected chi connectivity index (χ3v) is 5.14. The summed E-state index contributed by atoms with van der Waals surface area (Å²) in [5.41, 5.74) is 5.31. The van der Waals surface area contributed by atoms with E-state index in [0.717, 1.165) is 4.90 Å². The Labute approximate surface area is 265 Å². The molecule has 46 heavy (non-hydrogen) atoms. The van der Waals surface area contributed by atoms with Crippen LogP contribution in [-0.2, 0) is 57.1 Å². The molecule has 0 aliphatic carbocycles. The van der Waals surface area contributed by atoms with Crippen LogP contribution in [0.2, 0.25) is 0 Å². The Hall–Kier alpha value is -2.75. The molecule has 16 nitrogen and oxygen atoms in total. The van der Waals surface area contributed by atoms with Crippen molar-refractivity contribution in [1.29, 1.82) is 0 Å². The molecule has 0 fully saturated rings. The predicted molar refractivity (Wildman–Crippen MR) is 153 cm³/mol. The number of hydrogen-bond donors (Lipinski definition) is 3. The van der Waals surface area contributed by atoms with Crippen LogP contribution < -0.4 is 11.1 Å². The maximum Gasteiger partial charge on any atom is 0.490 e. The van der Waals surface area contributed by atoms with Gasteiger partial charge in [0.15, 0.2) is 0 Å². The first-order valence-corrected chi connectivity index (χ1v) is 14.5. The zero-order valence-corrected chi connectivity index (χ0v) is 25.8. The molecule has 1 aliphatic rings. The zero-order valence-electron chi connectivity index (χ0n) is 25.8. The Morgan fingerprint density at radius 3 is 1.26 bits per heavy atom. The highest BCUT2D eigenvalue weighted by Crippen LogP contribution is 2.13. The number of carboxylic acids is 1. The number of alkyl halides is 3. The van der Waals surface area contributed by atoms with E-state index in [4.69, 9.17) is 53.5 Å². The molecule has 1 rings (SSSR count). The van der Waals surface area contributed by atoms with E-state index in [9.17, 15) is 27.6 Å². The van der Waals surface area contributed by atoms with Gasteiger partial charge in [0.25, 0.3) is 11.8 Å². The zero-order chi connectivity index (χ0) is 34.3. The van der Waals surface area contributed by atoms with Gasteiger partial charge in [0, 0.05) is 38.2 Å². The number of nitrogens with two attached hydrogens (primary N) is 1. The van der Waals surface area contributed by atoms with E-state index in [-0.39, 0.29) is 18.9 Å². The second-order valence-corrected chi connectivity index (χ2v) is 8.75. The van der Waals surface area contributed by atoms with Gasteiger partial charge in [-0.3, -0.25) is 19.3 Å². The van der Waals surface area contributed by atoms with E-state index >= 15 is 0 Å². The van der Waals surface area contributed by atoms with Crippen molar-refractivity contribution < 1.29 is 75.4 Å². The first-order chi connectivity index (χ1) is 22.1. The van der Waals surface area contributed by atoms with E-state index in [1.54, 1.807) is 0 Å². The maximum atomic E-state index is 11.7. The molecule has 0 spiro atoms. The minimum Gasteiger partial charge on any atom is -0.475 e. The highest BCUT2D eigenvalue weighted by Gasteiger charge is 2.38. The summed E-state index contributed by atoms with van der Waals surface area (Å²) in [6.07, 6.45) is -2.64. The maximum absolute atomic E-state index is 11.7. The fourth-order valence-electron chi connectivity index (χ4n) is 2.94. The molecule has 0 saturated carbocycles. The van der Waals surface area contributed by atoms with Gasteiger partial charge in [-0.1, -0.05) is 0 Å². The number of nitrogens with zero attached hydrogens (tertiary/aromatic N) is 1. The van der Waals surface area contributed by atoms with Crippen LogP contribution >= 0.6 is 0 Å². The van der Waals surface area contributed by atoms with Crippen LogP contribution in [-0.4, -0.2) is 165 Å². The standard InChI is InChI=1S/C25H45N3O11.C2HF3O2/c26-4-7-32-9-11-34-13-15-36-17-19-38-21-22-39-20-18-37-16-14-35-12-10-33-8-5-27-23(29)3-6-28-24(30)1-2-25(28)31;3-2(4,5)1(6)7/h1-2H,3-22,26H2,(H,27,29);(H,6,7). The summed E-state index contributed by atoms with van der Waals surface area (Å²) in [7, 11) is 0. The van der Waals surface area contributed by atoms with E-state index < -0.39 is 24.0 Å². The number of carbonyl (C=O) groups is 4. The molecule has 1 heterocycles. The lowest BCUT2D eigenvalue weighted by molar-refractivity contribution is -0.192. The summed E-state index contributed by atoms with van der Waals surface area (Å²) in [6, 6.07) is 0. The molecular formula is C27H46F3N3O13. The molecule has 268 valence electrons. The lowest BCUT2D eigenvalue weighted by Crippen LogP contribution is -2.35. The Kier molecular flexibility index (Phi) is 27.9. The topological polar surface area (TPSA) is 204 Å². The summed E-state index contributed by atoms with van der Waals surface area (Å²) in [5, 5.41) is 9.80. The van der Waals surface area contributed by atoms with E-state index in [1.165, 1.54) is 12.2 Å². The first kappa shape index (κ1) is 43.2. The van der Waals surface area contributed by atoms with Gasteiger partial charge in [0.1, 0.15) is 0 Å². The molecule has 1 aliphatic heterocycles. The molecule has 0 unspecified atom stereocenters. The van der Waals surface area contributed by atoms with Crippen molar-refractivity contribution in [1.82, 2.24) is 10.2 Å². The number of carboxylic acid groups (broad SMARTS) is 1. The highest BCUT2D eigenvalue weighted by atomic mass is 19.4. The van der Waals surface area contributed by atoms with Crippen LogP contribution in [0, 0.1) is 0 Å². The molecule has 4 N–H and O–H groups in total. The Balaban J connectivity index is 0.00000258. The fourth-order valence-corrected chi connectivity index (χ4v) is 2.94. The van der Waals surface area contributed by atoms with E-state index in [2.05, 4.69) is 5.32 Å². The van der Waals surface area contributed by atoms with Crippen molar-refractivity contribution in [3.8, 4) is 0 Å². The van der Waals surface area contributed by atoms with Gasteiger partial charge in [-0.2, -0.15) is 13.2 Å². The lowest BCUT2D eigenvalue weighted by Gasteiger charge is -2.13. The average Bonchev–Trinajstić information content (AvgIpc) is 3.33. The number of nitrogens with one attached hydrogen (secondary N) is 1. The van der Waals surface area contributed by atoms with E-state index in [1.807, 2.05) is 0 Å². The number of imide groups is 1. The number of hydrogen-bond acceptors (Lipinski definition) is 13. The van der Waals surface area contributed by atoms with Gasteiger partial charge < -0.3 is 54.1 Å². The first-order valence-electron chi connectivity index (χ1n) is 14.5. The number of ether oxygens (including phenoxy) is 8. The highest BCUT2D eigenvalue weighted by molar-refractivity contribution is 6.13. The van der Waals surface area contributed by atoms with Crippen LogP contribution in [0.25, 0.3) is 0 Å². The van der Waals surface area contributed by atoms with Crippen molar-refractivity contribution in [2.24, 2.45) is 5.73 Å². The second kappa shape index (κ2) is 29.6. The van der Waals surface area contributed by atoms with Crippen LogP contribution in [0.15, 0.2) is 12.2 Å². The normalized spacial score (nSPS) is 12.8. The van der Waals surface area contributed by atoms with Crippen molar-refractivity contribution in [3.63, 3.8) is 0 Å². The summed E-state index contributed by atoms with van der Waals surface area (Å²) >= 11 is 0. The fraction of sp³-hybridized carbons (Fsp3) is 0.778. The number of halogens is 3. The van der Waals surface area contributed by atoms with Gasteiger partial charge in [0.05, 0.1) is 106 Å². The number of amides is 3. The average molecular weight is 678 g/mol. The monoisotopic (exact) mass is 677 g/mol. The van der Waals surface area contributed by atoms with Gasteiger partial charge >= 0.3 is 12.1 Å². The molecule has 0 saturated heterocycles. The Morgan fingerprint density at radius 2 is 0.957 bits per heavy atom. The summed E-state index contributed by atoms with van der Waals surface area (Å²) in [4.78, 5) is 44.5. The molecular weight excluding hydrogens is 631 g/mol. The molecule has 19 heteroatoms. The molecule has 0 bridgehead atoms. The van der Waals surface area contributed by atoms with Crippen molar-refractivity contribution in [2.45, 2.75) is 12.6 Å². The number of carbonyl (C=O) groups excluding carboxylic acids is 3. The van der Waals surface area contributed by atoms with Crippen LogP contribution in [0.4, 0.5) is 13.2 Å². The minimum absolute atomic E-state index is 0.0570. The summed E-state index contributed by atoms with van der Waals surface area (Å²) in [6.45, 7) is 8.53. The van der Waals surface area contributed by atoms with Crippen molar-refractivity contribution in [2.75, 3.05) is 125 Å². The molecule has 0 radical (unpaired) electrons. The second-order valence-electron chi connectivity index (χ2n) is 8.75. The van der Waals surface area contributed by atoms with Gasteiger partial charge in [-0.05, 0) is 0 Å². The largest absolute Gasteiger partial charge is 0.490 e. The molecule has 0 atom stereocenters. The summed E-state index contributed by atoms with van der Waals surface area (Å²) < 4.78 is 74.7. The number of rotatable bonds is 29. The number of aliphatic carboxylic acids is 1. The third kappa shape index (κ3) is 27.6. The van der Waals surface area contributed by atoms with Gasteiger partial charge in [-0.15, -0.1) is 0 Å². The van der Waals surface area contributed by atoms with Gasteiger partial charge in [0.2, 0.25) is 5.91 Å². The lowest BCUT2D eigenvalue weighted by atomic mass is 10.3. The molecule has 0 aromatic carbocycles. The Morgan fingerprint density at radius 1 is 0.652 bits per heavy atom. The van der Waals surface area contributed by atoms with Crippen molar-refractivity contribution in [3.05, 3.63) is 12.2 Å². The van der Waals surface area contributed by atoms with Crippen LogP contribution in [0.5, 0.6) is 0 Å². The third-order valence-electron chi connectivity index (χ3n) is 5.14. The molecule has 3 amide bonds. The van der Waals surface area contributed by atoms with E-state index in [0.29, 0.717) is 119 Å². The van der Waals surface area contributed by atoms with Crippen LogP contribution in [0.3, 0.4) is 0 Å². The predicted octanol–water partition coefficient (Wildman–Crippen LogP) is -0.857. The quantitative estimate of drug-likeness (QED) is 0.0652. The smallest absolute Gasteiger partial charge is 0.475 e. The SMILES string of the molecule is NCCOCCOCCOCCOCCOCCOCCOCCOCCNC(=O)CCN1C(=O)C=CC1=O.O=C(O)C(F)(F)F. The molecule has 0 aromatic rings. The Bertz CT molecular complexity index is 833. The van der Waals surface area contributed by atoms with Gasteiger partial charge in [-0.25, -0.2) is 4.79 Å². The van der Waals surface area contributed by atoms with Crippen LogP contribution in [0.1, 0.15) is 6.42 Å². The minimum atomic E-state index is -5.08. The van der Waals surface area contributed by atoms with Crippen molar-refractivity contribution >= 4 is 23.7 Å². The molecule has 0 aromatic heterocycles. The summed E-state index contributed by atoms with van der Waals surface area (Å²) in [5.74, 6) is -3.80.